The summed E-state index contributed by atoms with van der Waals surface area (Å²) in [6.45, 7) is 2.00. The third kappa shape index (κ3) is 2.10. The second kappa shape index (κ2) is 4.86. The van der Waals surface area contributed by atoms with Gasteiger partial charge in [-0.3, -0.25) is 8.75 Å². The Morgan fingerprint density at radius 2 is 2.17 bits per heavy atom. The van der Waals surface area contributed by atoms with Gasteiger partial charge in [0.2, 0.25) is 0 Å². The highest BCUT2D eigenvalue weighted by Crippen LogP contribution is 2.20. The number of aromatic nitrogens is 1. The third-order valence-electron chi connectivity index (χ3n) is 3.85. The first-order valence-electron chi connectivity index (χ1n) is 6.55. The van der Waals surface area contributed by atoms with Crippen LogP contribution in [0, 0.1) is 0 Å². The summed E-state index contributed by atoms with van der Waals surface area (Å²) in [6, 6.07) is 8.41. The fourth-order valence-corrected chi connectivity index (χ4v) is 3.76. The van der Waals surface area contributed by atoms with Gasteiger partial charge in [-0.25, -0.2) is 0 Å². The molecule has 0 saturated carbocycles. The monoisotopic (exact) mass is 262 g/mol. The van der Waals surface area contributed by atoms with Crippen molar-refractivity contribution >= 4 is 21.6 Å². The van der Waals surface area contributed by atoms with Crippen LogP contribution in [0.25, 0.3) is 10.1 Å². The number of benzene rings is 1. The van der Waals surface area contributed by atoms with E-state index >= 15 is 0 Å². The zero-order valence-corrected chi connectivity index (χ0v) is 11.4. The first-order chi connectivity index (χ1) is 8.75. The number of nitrogens with zero attached hydrogens (tertiary/aromatic N) is 2. The van der Waals surface area contributed by atoms with E-state index in [-0.39, 0.29) is 5.56 Å². The van der Waals surface area contributed by atoms with Crippen molar-refractivity contribution < 1.29 is 0 Å². The van der Waals surface area contributed by atoms with Gasteiger partial charge in [0.1, 0.15) is 0 Å². The quantitative estimate of drug-likeness (QED) is 0.831. The van der Waals surface area contributed by atoms with E-state index in [4.69, 9.17) is 0 Å². The SMILES string of the molecule is CN1CCCC[C@@H]1Cn1sc2ccccc2c1=O. The Hall–Kier alpha value is -1.13. The smallest absolute Gasteiger partial charge is 0.268 e. The lowest BCUT2D eigenvalue weighted by Crippen LogP contribution is -2.40. The highest BCUT2D eigenvalue weighted by Gasteiger charge is 2.20. The van der Waals surface area contributed by atoms with Crippen molar-refractivity contribution in [3.8, 4) is 0 Å². The summed E-state index contributed by atoms with van der Waals surface area (Å²) >= 11 is 1.60. The van der Waals surface area contributed by atoms with E-state index in [1.54, 1.807) is 11.5 Å². The average Bonchev–Trinajstić information content (AvgIpc) is 2.70. The van der Waals surface area contributed by atoms with E-state index in [0.29, 0.717) is 6.04 Å². The summed E-state index contributed by atoms with van der Waals surface area (Å²) in [7, 11) is 2.17. The molecular formula is C14H18N2OS. The van der Waals surface area contributed by atoms with E-state index in [2.05, 4.69) is 11.9 Å². The number of rotatable bonds is 2. The molecule has 4 heteroatoms. The summed E-state index contributed by atoms with van der Waals surface area (Å²) in [5, 5.41) is 0.862. The van der Waals surface area contributed by atoms with Crippen LogP contribution < -0.4 is 5.56 Å². The fraction of sp³-hybridized carbons (Fsp3) is 0.500. The highest BCUT2D eigenvalue weighted by molar-refractivity contribution is 7.13. The zero-order valence-electron chi connectivity index (χ0n) is 10.6. The molecule has 0 unspecified atom stereocenters. The van der Waals surface area contributed by atoms with Crippen LogP contribution in [0.4, 0.5) is 0 Å². The van der Waals surface area contributed by atoms with E-state index in [0.717, 1.165) is 23.2 Å². The topological polar surface area (TPSA) is 25.2 Å². The zero-order chi connectivity index (χ0) is 12.5. The molecule has 0 bridgehead atoms. The molecule has 0 radical (unpaired) electrons. The van der Waals surface area contributed by atoms with E-state index < -0.39 is 0 Å². The van der Waals surface area contributed by atoms with Crippen molar-refractivity contribution in [2.75, 3.05) is 13.6 Å². The molecule has 96 valence electrons. The number of likely N-dealkylation sites (tertiary alicyclic amines) is 1. The minimum Gasteiger partial charge on any atom is -0.302 e. The molecule has 3 nitrogen and oxygen atoms in total. The van der Waals surface area contributed by atoms with Crippen LogP contribution in [-0.2, 0) is 6.54 Å². The molecular weight excluding hydrogens is 244 g/mol. The van der Waals surface area contributed by atoms with Crippen molar-refractivity contribution in [1.29, 1.82) is 0 Å². The average molecular weight is 262 g/mol. The third-order valence-corrected chi connectivity index (χ3v) is 4.94. The largest absolute Gasteiger partial charge is 0.302 e. The molecule has 1 atom stereocenters. The fourth-order valence-electron chi connectivity index (χ4n) is 2.70. The van der Waals surface area contributed by atoms with E-state index in [1.165, 1.54) is 19.3 Å². The number of hydrogen-bond donors (Lipinski definition) is 0. The first-order valence-corrected chi connectivity index (χ1v) is 7.32. The van der Waals surface area contributed by atoms with Gasteiger partial charge >= 0.3 is 0 Å². The maximum Gasteiger partial charge on any atom is 0.268 e. The summed E-state index contributed by atoms with van der Waals surface area (Å²) in [4.78, 5) is 14.7. The molecule has 3 rings (SSSR count). The summed E-state index contributed by atoms with van der Waals surface area (Å²) in [5.74, 6) is 0. The number of piperidine rings is 1. The molecule has 2 heterocycles. The lowest BCUT2D eigenvalue weighted by molar-refractivity contribution is 0.170. The van der Waals surface area contributed by atoms with Crippen molar-refractivity contribution in [3.05, 3.63) is 34.6 Å². The van der Waals surface area contributed by atoms with Crippen LogP contribution in [0.5, 0.6) is 0 Å². The van der Waals surface area contributed by atoms with Gasteiger partial charge < -0.3 is 4.90 Å². The minimum absolute atomic E-state index is 0.176. The molecule has 18 heavy (non-hydrogen) atoms. The van der Waals surface area contributed by atoms with Gasteiger partial charge in [0.05, 0.1) is 16.6 Å². The number of fused-ring (bicyclic) bond motifs is 1. The minimum atomic E-state index is 0.176. The molecule has 1 fully saturated rings. The van der Waals surface area contributed by atoms with Crippen LogP contribution in [-0.4, -0.2) is 28.5 Å². The van der Waals surface area contributed by atoms with Crippen molar-refractivity contribution in [2.24, 2.45) is 0 Å². The Labute approximate surface area is 111 Å². The van der Waals surface area contributed by atoms with Crippen LogP contribution in [0.3, 0.4) is 0 Å². The number of likely N-dealkylation sites (N-methyl/N-ethyl adjacent to an activating group) is 1. The van der Waals surface area contributed by atoms with Crippen molar-refractivity contribution in [3.63, 3.8) is 0 Å². The molecule has 0 aliphatic carbocycles. The Kier molecular flexibility index (Phi) is 3.22. The highest BCUT2D eigenvalue weighted by atomic mass is 32.1. The maximum absolute atomic E-state index is 12.3. The summed E-state index contributed by atoms with van der Waals surface area (Å²) in [5.41, 5.74) is 0.176. The number of hydrogen-bond acceptors (Lipinski definition) is 3. The van der Waals surface area contributed by atoms with Crippen LogP contribution in [0.15, 0.2) is 29.1 Å². The molecule has 0 spiro atoms. The molecule has 1 aliphatic rings. The van der Waals surface area contributed by atoms with E-state index in [9.17, 15) is 4.79 Å². The van der Waals surface area contributed by atoms with Gasteiger partial charge in [-0.15, -0.1) is 0 Å². The maximum atomic E-state index is 12.3. The van der Waals surface area contributed by atoms with Crippen LogP contribution in [0.2, 0.25) is 0 Å². The lowest BCUT2D eigenvalue weighted by atomic mass is 10.0. The second-order valence-electron chi connectivity index (χ2n) is 5.08. The predicted octanol–water partition coefficient (Wildman–Crippen LogP) is 2.55. The Balaban J connectivity index is 1.90. The molecule has 1 aliphatic heterocycles. The van der Waals surface area contributed by atoms with Crippen molar-refractivity contribution in [2.45, 2.75) is 31.8 Å². The molecule has 1 aromatic carbocycles. The van der Waals surface area contributed by atoms with Gasteiger partial charge in [-0.2, -0.15) is 0 Å². The lowest BCUT2D eigenvalue weighted by Gasteiger charge is -2.32. The second-order valence-corrected chi connectivity index (χ2v) is 6.15. The molecule has 2 aromatic rings. The molecule has 1 aromatic heterocycles. The van der Waals surface area contributed by atoms with Gasteiger partial charge in [-0.05, 0) is 38.6 Å². The van der Waals surface area contributed by atoms with Gasteiger partial charge in [0, 0.05) is 6.04 Å². The van der Waals surface area contributed by atoms with Gasteiger partial charge in [0.25, 0.3) is 5.56 Å². The molecule has 0 amide bonds. The first kappa shape index (κ1) is 11.9. The van der Waals surface area contributed by atoms with Crippen LogP contribution in [0.1, 0.15) is 19.3 Å². The Bertz CT molecular complexity index is 601. The molecule has 0 N–H and O–H groups in total. The van der Waals surface area contributed by atoms with Gasteiger partial charge in [-0.1, -0.05) is 30.1 Å². The Morgan fingerprint density at radius 1 is 1.33 bits per heavy atom. The van der Waals surface area contributed by atoms with Crippen LogP contribution >= 0.6 is 11.5 Å². The van der Waals surface area contributed by atoms with Gasteiger partial charge in [0.15, 0.2) is 0 Å². The van der Waals surface area contributed by atoms with E-state index in [1.807, 2.05) is 28.2 Å². The predicted molar refractivity (Wildman–Crippen MR) is 76.4 cm³/mol. The van der Waals surface area contributed by atoms with Crippen molar-refractivity contribution in [1.82, 2.24) is 8.86 Å². The summed E-state index contributed by atoms with van der Waals surface area (Å²) < 4.78 is 3.03. The normalized spacial score (nSPS) is 21.5. The molecule has 1 saturated heterocycles. The Morgan fingerprint density at radius 3 is 2.94 bits per heavy atom. The standard InChI is InChI=1S/C14H18N2OS/c1-15-9-5-4-6-11(15)10-16-14(17)12-7-2-3-8-13(12)18-16/h2-3,7-8,11H,4-6,9-10H2,1H3/t11-/m1/s1. The summed E-state index contributed by atoms with van der Waals surface area (Å²) in [6.07, 6.45) is 3.78.